The van der Waals surface area contributed by atoms with E-state index in [2.05, 4.69) is 4.90 Å². The molecule has 1 saturated heterocycles. The Balaban J connectivity index is 1.78. The predicted octanol–water partition coefficient (Wildman–Crippen LogP) is 0.439. The fraction of sp³-hybridized carbons (Fsp3) is 0.562. The lowest BCUT2D eigenvalue weighted by Crippen LogP contribution is -2.38. The van der Waals surface area contributed by atoms with Gasteiger partial charge in [0, 0.05) is 37.9 Å². The summed E-state index contributed by atoms with van der Waals surface area (Å²) in [6.07, 6.45) is 1.10. The number of hydrogen-bond donors (Lipinski definition) is 3. The lowest BCUT2D eigenvalue weighted by atomic mass is 10.2. The maximum atomic E-state index is 12.2. The minimum Gasteiger partial charge on any atom is -0.399 e. The number of nitrogens with two attached hydrogens (primary N) is 1. The van der Waals surface area contributed by atoms with Crippen LogP contribution in [0.15, 0.2) is 24.3 Å². The Bertz CT molecular complexity index is 492. The first-order valence-electron chi connectivity index (χ1n) is 7.66. The van der Waals surface area contributed by atoms with Gasteiger partial charge in [-0.05, 0) is 37.1 Å². The summed E-state index contributed by atoms with van der Waals surface area (Å²) in [5, 5.41) is 18.9. The van der Waals surface area contributed by atoms with Gasteiger partial charge in [-0.1, -0.05) is 0 Å². The van der Waals surface area contributed by atoms with E-state index >= 15 is 0 Å². The summed E-state index contributed by atoms with van der Waals surface area (Å²) in [4.78, 5) is 15.9. The highest BCUT2D eigenvalue weighted by atomic mass is 16.3. The highest BCUT2D eigenvalue weighted by Crippen LogP contribution is 2.19. The average Bonchev–Trinajstić information content (AvgIpc) is 2.89. The van der Waals surface area contributed by atoms with Crippen molar-refractivity contribution in [3.8, 4) is 0 Å². The quantitative estimate of drug-likeness (QED) is 0.664. The summed E-state index contributed by atoms with van der Waals surface area (Å²) in [6, 6.07) is 7.38. The summed E-state index contributed by atoms with van der Waals surface area (Å²) in [7, 11) is 1.98. The lowest BCUT2D eigenvalue weighted by Gasteiger charge is -2.24. The molecule has 1 fully saturated rings. The van der Waals surface area contributed by atoms with E-state index in [4.69, 9.17) is 5.73 Å². The molecule has 0 aliphatic carbocycles. The van der Waals surface area contributed by atoms with Crippen molar-refractivity contribution in [2.75, 3.05) is 37.4 Å². The zero-order valence-corrected chi connectivity index (χ0v) is 13.0. The summed E-state index contributed by atoms with van der Waals surface area (Å²) in [5.74, 6) is 0.00121. The van der Waals surface area contributed by atoms with Crippen LogP contribution in [-0.4, -0.2) is 59.9 Å². The number of anilines is 2. The molecule has 1 heterocycles. The number of β-amino-alcohol motifs (C(OH)–C–C–N with tert-alkyl or cyclic N) is 1. The average molecular weight is 307 g/mol. The molecular weight excluding hydrogens is 282 g/mol. The molecule has 22 heavy (non-hydrogen) atoms. The maximum Gasteiger partial charge on any atom is 0.223 e. The summed E-state index contributed by atoms with van der Waals surface area (Å²) in [5.41, 5.74) is 7.46. The molecule has 1 aromatic carbocycles. The van der Waals surface area contributed by atoms with E-state index < -0.39 is 6.10 Å². The van der Waals surface area contributed by atoms with Crippen molar-refractivity contribution in [3.05, 3.63) is 24.3 Å². The predicted molar refractivity (Wildman–Crippen MR) is 86.6 cm³/mol. The fourth-order valence-electron chi connectivity index (χ4n) is 2.84. The molecule has 0 radical (unpaired) electrons. The number of nitrogen functional groups attached to an aromatic ring is 1. The summed E-state index contributed by atoms with van der Waals surface area (Å²) >= 11 is 0. The van der Waals surface area contributed by atoms with Crippen LogP contribution in [-0.2, 0) is 4.79 Å². The van der Waals surface area contributed by atoms with Crippen LogP contribution in [0.25, 0.3) is 0 Å². The maximum absolute atomic E-state index is 12.2. The van der Waals surface area contributed by atoms with Crippen molar-refractivity contribution >= 4 is 17.3 Å². The van der Waals surface area contributed by atoms with Crippen LogP contribution < -0.4 is 10.6 Å². The third-order valence-electron chi connectivity index (χ3n) is 4.14. The van der Waals surface area contributed by atoms with Crippen molar-refractivity contribution in [1.29, 1.82) is 0 Å². The van der Waals surface area contributed by atoms with E-state index in [0.717, 1.165) is 24.3 Å². The van der Waals surface area contributed by atoms with Crippen LogP contribution in [0.4, 0.5) is 11.4 Å². The molecular formula is C16H25N3O3. The topological polar surface area (TPSA) is 90.0 Å². The molecule has 2 unspecified atom stereocenters. The van der Waals surface area contributed by atoms with Gasteiger partial charge in [0.2, 0.25) is 5.91 Å². The van der Waals surface area contributed by atoms with Gasteiger partial charge < -0.3 is 25.7 Å². The Morgan fingerprint density at radius 1 is 1.41 bits per heavy atom. The zero-order chi connectivity index (χ0) is 16.1. The van der Waals surface area contributed by atoms with Crippen molar-refractivity contribution < 1.29 is 15.0 Å². The molecule has 122 valence electrons. The molecule has 1 aliphatic heterocycles. The number of hydrogen-bond acceptors (Lipinski definition) is 5. The van der Waals surface area contributed by atoms with Gasteiger partial charge in [0.05, 0.1) is 18.8 Å². The standard InChI is InChI=1S/C16H25N3O3/c1-18(13-6-4-12(17)5-7-13)8-2-3-16(22)19-10-15(21)9-14(19)11-20/h4-7,14-15,20-21H,2-3,8-11,17H2,1H3. The Morgan fingerprint density at radius 3 is 2.73 bits per heavy atom. The zero-order valence-electron chi connectivity index (χ0n) is 13.0. The number of aliphatic hydroxyl groups is 2. The Labute approximate surface area is 131 Å². The number of carbonyl (C=O) groups is 1. The number of benzene rings is 1. The van der Waals surface area contributed by atoms with Crippen molar-refractivity contribution in [3.63, 3.8) is 0 Å². The van der Waals surface area contributed by atoms with Crippen LogP contribution in [0.2, 0.25) is 0 Å². The first kappa shape index (κ1) is 16.6. The minimum absolute atomic E-state index is 0.00121. The summed E-state index contributed by atoms with van der Waals surface area (Å²) in [6.45, 7) is 1.00. The number of rotatable bonds is 6. The molecule has 0 spiro atoms. The first-order valence-corrected chi connectivity index (χ1v) is 7.66. The van der Waals surface area contributed by atoms with Crippen LogP contribution in [0.3, 0.4) is 0 Å². The molecule has 0 bridgehead atoms. The van der Waals surface area contributed by atoms with Gasteiger partial charge in [0.15, 0.2) is 0 Å². The van der Waals surface area contributed by atoms with E-state index in [0.29, 0.717) is 19.4 Å². The second-order valence-corrected chi connectivity index (χ2v) is 5.89. The number of amides is 1. The Kier molecular flexibility index (Phi) is 5.63. The molecule has 0 saturated carbocycles. The molecule has 4 N–H and O–H groups in total. The number of likely N-dealkylation sites (tertiary alicyclic amines) is 1. The largest absolute Gasteiger partial charge is 0.399 e. The molecule has 1 aliphatic rings. The van der Waals surface area contributed by atoms with Gasteiger partial charge >= 0.3 is 0 Å². The van der Waals surface area contributed by atoms with Crippen LogP contribution in [0.1, 0.15) is 19.3 Å². The number of carbonyl (C=O) groups excluding carboxylic acids is 1. The van der Waals surface area contributed by atoms with E-state index in [1.807, 2.05) is 31.3 Å². The molecule has 1 amide bonds. The second-order valence-electron chi connectivity index (χ2n) is 5.89. The van der Waals surface area contributed by atoms with E-state index in [9.17, 15) is 15.0 Å². The van der Waals surface area contributed by atoms with Gasteiger partial charge in [-0.3, -0.25) is 4.79 Å². The van der Waals surface area contributed by atoms with Crippen molar-refractivity contribution in [2.45, 2.75) is 31.4 Å². The minimum atomic E-state index is -0.515. The van der Waals surface area contributed by atoms with Gasteiger partial charge in [-0.15, -0.1) is 0 Å². The molecule has 2 atom stereocenters. The SMILES string of the molecule is CN(CCCC(=O)N1CC(O)CC1CO)c1ccc(N)cc1. The van der Waals surface area contributed by atoms with E-state index in [1.165, 1.54) is 0 Å². The van der Waals surface area contributed by atoms with Crippen molar-refractivity contribution in [2.24, 2.45) is 0 Å². The third kappa shape index (κ3) is 4.11. The van der Waals surface area contributed by atoms with Gasteiger partial charge in [0.25, 0.3) is 0 Å². The van der Waals surface area contributed by atoms with E-state index in [-0.39, 0.29) is 18.6 Å². The monoisotopic (exact) mass is 307 g/mol. The fourth-order valence-corrected chi connectivity index (χ4v) is 2.84. The molecule has 6 nitrogen and oxygen atoms in total. The Morgan fingerprint density at radius 2 is 2.09 bits per heavy atom. The van der Waals surface area contributed by atoms with Crippen molar-refractivity contribution in [1.82, 2.24) is 4.90 Å². The van der Waals surface area contributed by atoms with E-state index in [1.54, 1.807) is 4.90 Å². The van der Waals surface area contributed by atoms with Crippen LogP contribution in [0, 0.1) is 0 Å². The smallest absolute Gasteiger partial charge is 0.223 e. The normalized spacial score (nSPS) is 21.1. The summed E-state index contributed by atoms with van der Waals surface area (Å²) < 4.78 is 0. The lowest BCUT2D eigenvalue weighted by molar-refractivity contribution is -0.133. The highest BCUT2D eigenvalue weighted by molar-refractivity contribution is 5.77. The third-order valence-corrected chi connectivity index (χ3v) is 4.14. The highest BCUT2D eigenvalue weighted by Gasteiger charge is 2.33. The van der Waals surface area contributed by atoms with Crippen LogP contribution >= 0.6 is 0 Å². The molecule has 0 aromatic heterocycles. The molecule has 6 heteroatoms. The van der Waals surface area contributed by atoms with Gasteiger partial charge in [0.1, 0.15) is 0 Å². The van der Waals surface area contributed by atoms with Gasteiger partial charge in [-0.25, -0.2) is 0 Å². The van der Waals surface area contributed by atoms with Gasteiger partial charge in [-0.2, -0.15) is 0 Å². The molecule has 2 rings (SSSR count). The second kappa shape index (κ2) is 7.47. The molecule has 1 aromatic rings. The number of aliphatic hydroxyl groups excluding tert-OH is 2. The van der Waals surface area contributed by atoms with Crippen LogP contribution in [0.5, 0.6) is 0 Å². The first-order chi connectivity index (χ1) is 10.5. The Hall–Kier alpha value is -1.79. The number of nitrogens with zero attached hydrogens (tertiary/aromatic N) is 2.